The van der Waals surface area contributed by atoms with E-state index in [2.05, 4.69) is 4.98 Å². The number of aromatic nitrogens is 1. The van der Waals surface area contributed by atoms with E-state index in [1.165, 1.54) is 30.8 Å². The third kappa shape index (κ3) is 3.14. The molecule has 2 nitrogen and oxygen atoms in total. The van der Waals surface area contributed by atoms with Crippen molar-refractivity contribution < 1.29 is 9.18 Å². The summed E-state index contributed by atoms with van der Waals surface area (Å²) in [6.45, 7) is 1.50. The fourth-order valence-electron chi connectivity index (χ4n) is 1.27. The number of benzene rings is 1. The molecule has 86 valence electrons. The summed E-state index contributed by atoms with van der Waals surface area (Å²) in [6.07, 6.45) is 1.55. The average Bonchev–Trinajstić information content (AvgIpc) is 2.33. The molecule has 0 fully saturated rings. The van der Waals surface area contributed by atoms with E-state index in [0.717, 1.165) is 9.92 Å². The van der Waals surface area contributed by atoms with Crippen molar-refractivity contribution in [1.29, 1.82) is 0 Å². The van der Waals surface area contributed by atoms with Crippen LogP contribution in [0.1, 0.15) is 17.3 Å². The van der Waals surface area contributed by atoms with Crippen LogP contribution in [0.2, 0.25) is 0 Å². The van der Waals surface area contributed by atoms with Gasteiger partial charge in [-0.05, 0) is 43.3 Å². The molecule has 0 aliphatic rings. The molecule has 0 radical (unpaired) electrons. The van der Waals surface area contributed by atoms with Crippen LogP contribution in [0.4, 0.5) is 4.39 Å². The minimum Gasteiger partial charge on any atom is -0.294 e. The van der Waals surface area contributed by atoms with Crippen molar-refractivity contribution in [1.82, 2.24) is 4.98 Å². The molecule has 0 spiro atoms. The molecule has 0 amide bonds. The summed E-state index contributed by atoms with van der Waals surface area (Å²) in [7, 11) is 0. The Labute approximate surface area is 103 Å². The standard InChI is InChI=1S/C13H10FNOS/c1-9(16)10-2-7-13(15-8-10)17-12-5-3-11(14)4-6-12/h2-8H,1H3. The highest BCUT2D eigenvalue weighted by Crippen LogP contribution is 2.25. The summed E-state index contributed by atoms with van der Waals surface area (Å²) < 4.78 is 12.7. The second kappa shape index (κ2) is 5.10. The van der Waals surface area contributed by atoms with Gasteiger partial charge in [-0.3, -0.25) is 4.79 Å². The maximum absolute atomic E-state index is 12.7. The number of pyridine rings is 1. The zero-order valence-electron chi connectivity index (χ0n) is 9.18. The van der Waals surface area contributed by atoms with E-state index in [-0.39, 0.29) is 11.6 Å². The van der Waals surface area contributed by atoms with E-state index in [1.807, 2.05) is 0 Å². The average molecular weight is 247 g/mol. The van der Waals surface area contributed by atoms with E-state index in [4.69, 9.17) is 0 Å². The zero-order valence-corrected chi connectivity index (χ0v) is 10.00. The van der Waals surface area contributed by atoms with E-state index in [0.29, 0.717) is 5.56 Å². The molecule has 0 aliphatic carbocycles. The zero-order chi connectivity index (χ0) is 12.3. The fourth-order valence-corrected chi connectivity index (χ4v) is 2.03. The highest BCUT2D eigenvalue weighted by molar-refractivity contribution is 7.99. The Morgan fingerprint density at radius 1 is 1.18 bits per heavy atom. The van der Waals surface area contributed by atoms with Gasteiger partial charge in [-0.25, -0.2) is 9.37 Å². The number of nitrogens with zero attached hydrogens (tertiary/aromatic N) is 1. The maximum Gasteiger partial charge on any atom is 0.161 e. The monoisotopic (exact) mass is 247 g/mol. The van der Waals surface area contributed by atoms with Crippen molar-refractivity contribution in [3.05, 3.63) is 54.0 Å². The molecule has 0 unspecified atom stereocenters. The van der Waals surface area contributed by atoms with Gasteiger partial charge >= 0.3 is 0 Å². The molecule has 1 aromatic carbocycles. The van der Waals surface area contributed by atoms with Gasteiger partial charge in [0.25, 0.3) is 0 Å². The van der Waals surface area contributed by atoms with Crippen LogP contribution in [0.25, 0.3) is 0 Å². The summed E-state index contributed by atoms with van der Waals surface area (Å²) in [4.78, 5) is 16.1. The number of hydrogen-bond donors (Lipinski definition) is 0. The summed E-state index contributed by atoms with van der Waals surface area (Å²) in [5.41, 5.74) is 0.591. The van der Waals surface area contributed by atoms with Gasteiger partial charge in [0, 0.05) is 16.7 Å². The third-order valence-electron chi connectivity index (χ3n) is 2.18. The van der Waals surface area contributed by atoms with E-state index >= 15 is 0 Å². The number of halogens is 1. The first-order chi connectivity index (χ1) is 8.15. The molecule has 0 N–H and O–H groups in total. The molecule has 2 aromatic rings. The molecule has 0 saturated carbocycles. The van der Waals surface area contributed by atoms with Crippen LogP contribution in [-0.4, -0.2) is 10.8 Å². The highest BCUT2D eigenvalue weighted by atomic mass is 32.2. The van der Waals surface area contributed by atoms with Gasteiger partial charge in [-0.15, -0.1) is 0 Å². The second-order valence-corrected chi connectivity index (χ2v) is 4.59. The summed E-state index contributed by atoms with van der Waals surface area (Å²) >= 11 is 1.43. The number of hydrogen-bond acceptors (Lipinski definition) is 3. The Kier molecular flexibility index (Phi) is 3.54. The molecule has 2 rings (SSSR count). The summed E-state index contributed by atoms with van der Waals surface area (Å²) in [6, 6.07) is 9.73. The van der Waals surface area contributed by atoms with Crippen LogP contribution < -0.4 is 0 Å². The molecule has 0 bridgehead atoms. The Morgan fingerprint density at radius 3 is 2.41 bits per heavy atom. The van der Waals surface area contributed by atoms with Crippen molar-refractivity contribution in [3.8, 4) is 0 Å². The number of carbonyl (C=O) groups is 1. The van der Waals surface area contributed by atoms with Crippen molar-refractivity contribution in [2.75, 3.05) is 0 Å². The molecule has 0 aliphatic heterocycles. The normalized spacial score (nSPS) is 10.2. The lowest BCUT2D eigenvalue weighted by molar-refractivity contribution is 0.101. The van der Waals surface area contributed by atoms with Crippen LogP contribution in [0.15, 0.2) is 52.5 Å². The van der Waals surface area contributed by atoms with Gasteiger partial charge in [0.1, 0.15) is 10.8 Å². The molecule has 1 heterocycles. The lowest BCUT2D eigenvalue weighted by Gasteiger charge is -2.01. The van der Waals surface area contributed by atoms with Crippen LogP contribution in [-0.2, 0) is 0 Å². The predicted molar refractivity (Wildman–Crippen MR) is 64.8 cm³/mol. The van der Waals surface area contributed by atoms with E-state index in [1.54, 1.807) is 30.5 Å². The third-order valence-corrected chi connectivity index (χ3v) is 3.14. The summed E-state index contributed by atoms with van der Waals surface area (Å²) in [5, 5.41) is 0.779. The Hall–Kier alpha value is -1.68. The Bertz CT molecular complexity index is 522. The first kappa shape index (κ1) is 11.8. The van der Waals surface area contributed by atoms with Gasteiger partial charge in [-0.1, -0.05) is 11.8 Å². The maximum atomic E-state index is 12.7. The Morgan fingerprint density at radius 2 is 1.88 bits per heavy atom. The second-order valence-electron chi connectivity index (χ2n) is 3.50. The fraction of sp³-hybridized carbons (Fsp3) is 0.0769. The molecular weight excluding hydrogens is 237 g/mol. The largest absolute Gasteiger partial charge is 0.294 e. The van der Waals surface area contributed by atoms with Crippen LogP contribution in [0.5, 0.6) is 0 Å². The van der Waals surface area contributed by atoms with Crippen molar-refractivity contribution >= 4 is 17.5 Å². The molecule has 0 saturated heterocycles. The van der Waals surface area contributed by atoms with Crippen molar-refractivity contribution in [3.63, 3.8) is 0 Å². The minimum absolute atomic E-state index is 0.00386. The molecular formula is C13H10FNOS. The number of carbonyl (C=O) groups excluding carboxylic acids is 1. The molecule has 0 atom stereocenters. The van der Waals surface area contributed by atoms with Gasteiger partial charge in [0.2, 0.25) is 0 Å². The van der Waals surface area contributed by atoms with Gasteiger partial charge in [-0.2, -0.15) is 0 Å². The van der Waals surface area contributed by atoms with Crippen LogP contribution in [0.3, 0.4) is 0 Å². The lowest BCUT2D eigenvalue weighted by Crippen LogP contribution is -1.92. The SMILES string of the molecule is CC(=O)c1ccc(Sc2ccc(F)cc2)nc1. The van der Waals surface area contributed by atoms with Crippen molar-refractivity contribution in [2.45, 2.75) is 16.8 Å². The lowest BCUT2D eigenvalue weighted by atomic mass is 10.2. The topological polar surface area (TPSA) is 30.0 Å². The first-order valence-electron chi connectivity index (χ1n) is 5.05. The van der Waals surface area contributed by atoms with E-state index < -0.39 is 0 Å². The number of ketones is 1. The molecule has 4 heteroatoms. The van der Waals surface area contributed by atoms with Crippen LogP contribution >= 0.6 is 11.8 Å². The Balaban J connectivity index is 2.13. The van der Waals surface area contributed by atoms with Crippen LogP contribution in [0, 0.1) is 5.82 Å². The van der Waals surface area contributed by atoms with Crippen molar-refractivity contribution in [2.24, 2.45) is 0 Å². The number of rotatable bonds is 3. The number of Topliss-reactive ketones (excluding diaryl/α,β-unsaturated/α-hetero) is 1. The quantitative estimate of drug-likeness (QED) is 0.776. The predicted octanol–water partition coefficient (Wildman–Crippen LogP) is 3.57. The highest BCUT2D eigenvalue weighted by Gasteiger charge is 2.02. The van der Waals surface area contributed by atoms with Gasteiger partial charge < -0.3 is 0 Å². The van der Waals surface area contributed by atoms with E-state index in [9.17, 15) is 9.18 Å². The van der Waals surface area contributed by atoms with Gasteiger partial charge in [0.05, 0.1) is 0 Å². The minimum atomic E-state index is -0.255. The summed E-state index contributed by atoms with van der Waals surface area (Å²) in [5.74, 6) is -0.259. The first-order valence-corrected chi connectivity index (χ1v) is 5.87. The molecule has 17 heavy (non-hydrogen) atoms. The molecule has 1 aromatic heterocycles. The smallest absolute Gasteiger partial charge is 0.161 e. The van der Waals surface area contributed by atoms with Gasteiger partial charge in [0.15, 0.2) is 5.78 Å².